The molecule has 1 amide bonds. The second-order valence-corrected chi connectivity index (χ2v) is 6.04. The fourth-order valence-electron chi connectivity index (χ4n) is 3.15. The first-order chi connectivity index (χ1) is 10.1. The molecule has 1 aliphatic rings. The molecule has 0 aromatic heterocycles. The van der Waals surface area contributed by atoms with E-state index in [1.54, 1.807) is 7.11 Å². The maximum absolute atomic E-state index is 12.7. The van der Waals surface area contributed by atoms with Crippen LogP contribution in [0.2, 0.25) is 0 Å². The van der Waals surface area contributed by atoms with E-state index >= 15 is 0 Å². The van der Waals surface area contributed by atoms with Crippen molar-refractivity contribution < 1.29 is 9.53 Å². The first-order valence-electron chi connectivity index (χ1n) is 7.77. The van der Waals surface area contributed by atoms with Gasteiger partial charge < -0.3 is 15.8 Å². The van der Waals surface area contributed by atoms with Crippen LogP contribution in [0.15, 0.2) is 18.2 Å². The minimum Gasteiger partial charge on any atom is -0.496 e. The molecule has 0 atom stereocenters. The Labute approximate surface area is 127 Å². The minimum atomic E-state index is -0.398. The predicted molar refractivity (Wildman–Crippen MR) is 85.6 cm³/mol. The summed E-state index contributed by atoms with van der Waals surface area (Å²) in [6, 6.07) is 5.70. The molecule has 116 valence electrons. The van der Waals surface area contributed by atoms with Gasteiger partial charge in [0.2, 0.25) is 5.91 Å². The molecular weight excluding hydrogens is 264 g/mol. The number of carbonyl (C=O) groups excluding carboxylic acids is 1. The number of nitrogens with two attached hydrogens (primary N) is 1. The molecule has 1 aliphatic carbocycles. The van der Waals surface area contributed by atoms with Gasteiger partial charge in [0.15, 0.2) is 0 Å². The molecule has 0 saturated heterocycles. The number of amides is 1. The molecule has 0 aliphatic heterocycles. The van der Waals surface area contributed by atoms with Gasteiger partial charge in [-0.1, -0.05) is 25.7 Å². The number of nitrogens with one attached hydrogen (secondary N) is 1. The fraction of sp³-hybridized carbons (Fsp3) is 0.588. The Bertz CT molecular complexity index is 492. The Morgan fingerprint density at radius 2 is 1.95 bits per heavy atom. The van der Waals surface area contributed by atoms with Crippen LogP contribution in [-0.2, 0) is 4.79 Å². The summed E-state index contributed by atoms with van der Waals surface area (Å²) in [6.07, 6.45) is 6.38. The molecule has 0 unspecified atom stereocenters. The minimum absolute atomic E-state index is 0.0662. The van der Waals surface area contributed by atoms with E-state index in [0.29, 0.717) is 6.54 Å². The molecule has 0 bridgehead atoms. The topological polar surface area (TPSA) is 64.3 Å². The Balaban J connectivity index is 2.13. The highest BCUT2D eigenvalue weighted by atomic mass is 16.5. The van der Waals surface area contributed by atoms with Crippen molar-refractivity contribution in [1.29, 1.82) is 0 Å². The Kier molecular flexibility index (Phi) is 5.23. The molecule has 0 radical (unpaired) electrons. The highest BCUT2D eigenvalue weighted by molar-refractivity contribution is 5.95. The summed E-state index contributed by atoms with van der Waals surface area (Å²) in [5.74, 6) is 0.896. The molecule has 1 aromatic rings. The molecule has 4 heteroatoms. The number of rotatable bonds is 4. The van der Waals surface area contributed by atoms with Gasteiger partial charge in [-0.25, -0.2) is 0 Å². The Morgan fingerprint density at radius 1 is 1.29 bits per heavy atom. The first-order valence-corrected chi connectivity index (χ1v) is 7.77. The third-order valence-corrected chi connectivity index (χ3v) is 4.59. The van der Waals surface area contributed by atoms with Crippen LogP contribution in [0.4, 0.5) is 5.69 Å². The van der Waals surface area contributed by atoms with E-state index in [9.17, 15) is 4.79 Å². The van der Waals surface area contributed by atoms with Gasteiger partial charge in [-0.05, 0) is 43.5 Å². The van der Waals surface area contributed by atoms with Gasteiger partial charge in [-0.15, -0.1) is 0 Å². The summed E-state index contributed by atoms with van der Waals surface area (Å²) in [5, 5.41) is 3.05. The third-order valence-electron chi connectivity index (χ3n) is 4.59. The first kappa shape index (κ1) is 15.8. The Morgan fingerprint density at radius 3 is 2.48 bits per heavy atom. The van der Waals surface area contributed by atoms with Gasteiger partial charge in [0, 0.05) is 12.2 Å². The lowest BCUT2D eigenvalue weighted by Crippen LogP contribution is -2.42. The lowest BCUT2D eigenvalue weighted by molar-refractivity contribution is -0.125. The molecule has 0 spiro atoms. The van der Waals surface area contributed by atoms with E-state index in [0.717, 1.165) is 42.7 Å². The SMILES string of the molecule is COc1ccc(NC(=O)C2(CN)CCCCCC2)cc1C. The highest BCUT2D eigenvalue weighted by Gasteiger charge is 2.37. The number of benzene rings is 1. The molecule has 0 heterocycles. The lowest BCUT2D eigenvalue weighted by atomic mass is 9.79. The highest BCUT2D eigenvalue weighted by Crippen LogP contribution is 2.35. The number of aryl methyl sites for hydroxylation is 1. The summed E-state index contributed by atoms with van der Waals surface area (Å²) in [7, 11) is 1.65. The third kappa shape index (κ3) is 3.56. The van der Waals surface area contributed by atoms with Crippen molar-refractivity contribution in [1.82, 2.24) is 0 Å². The quantitative estimate of drug-likeness (QED) is 0.837. The zero-order valence-electron chi connectivity index (χ0n) is 13.1. The van der Waals surface area contributed by atoms with Gasteiger partial charge >= 0.3 is 0 Å². The average molecular weight is 290 g/mol. The normalized spacial score (nSPS) is 17.9. The standard InChI is InChI=1S/C17H26N2O2/c1-13-11-14(7-8-15(13)21-2)19-16(20)17(12-18)9-5-3-4-6-10-17/h7-8,11H,3-6,9-10,12,18H2,1-2H3,(H,19,20). The smallest absolute Gasteiger partial charge is 0.231 e. The summed E-state index contributed by atoms with van der Waals surface area (Å²) in [5.41, 5.74) is 7.39. The number of methoxy groups -OCH3 is 1. The van der Waals surface area contributed by atoms with E-state index in [1.165, 1.54) is 12.8 Å². The van der Waals surface area contributed by atoms with Crippen LogP contribution >= 0.6 is 0 Å². The maximum Gasteiger partial charge on any atom is 0.231 e. The van der Waals surface area contributed by atoms with Crippen molar-refractivity contribution in [3.8, 4) is 5.75 Å². The second kappa shape index (κ2) is 6.94. The van der Waals surface area contributed by atoms with Crippen LogP contribution in [0.3, 0.4) is 0 Å². The predicted octanol–water partition coefficient (Wildman–Crippen LogP) is 3.24. The van der Waals surface area contributed by atoms with Gasteiger partial charge in [0.1, 0.15) is 5.75 Å². The van der Waals surface area contributed by atoms with Crippen LogP contribution in [-0.4, -0.2) is 19.6 Å². The van der Waals surface area contributed by atoms with E-state index in [4.69, 9.17) is 10.5 Å². The molecule has 1 fully saturated rings. The van der Waals surface area contributed by atoms with Crippen LogP contribution in [0.25, 0.3) is 0 Å². The number of anilines is 1. The molecule has 2 rings (SSSR count). The second-order valence-electron chi connectivity index (χ2n) is 6.04. The van der Waals surface area contributed by atoms with E-state index in [1.807, 2.05) is 25.1 Å². The van der Waals surface area contributed by atoms with E-state index in [-0.39, 0.29) is 5.91 Å². The Hall–Kier alpha value is -1.55. The van der Waals surface area contributed by atoms with Crippen LogP contribution in [0, 0.1) is 12.3 Å². The van der Waals surface area contributed by atoms with Crippen molar-refractivity contribution >= 4 is 11.6 Å². The van der Waals surface area contributed by atoms with Crippen LogP contribution in [0.5, 0.6) is 5.75 Å². The number of carbonyl (C=O) groups is 1. The average Bonchev–Trinajstić information content (AvgIpc) is 2.74. The number of ether oxygens (including phenoxy) is 1. The summed E-state index contributed by atoms with van der Waals surface area (Å²) in [4.78, 5) is 12.7. The number of hydrogen-bond donors (Lipinski definition) is 2. The van der Waals surface area contributed by atoms with Crippen molar-refractivity contribution in [3.63, 3.8) is 0 Å². The van der Waals surface area contributed by atoms with E-state index < -0.39 is 5.41 Å². The monoisotopic (exact) mass is 290 g/mol. The van der Waals surface area contributed by atoms with E-state index in [2.05, 4.69) is 5.32 Å². The largest absolute Gasteiger partial charge is 0.496 e. The molecule has 3 N–H and O–H groups in total. The number of hydrogen-bond acceptors (Lipinski definition) is 3. The van der Waals surface area contributed by atoms with Gasteiger partial charge in [-0.3, -0.25) is 4.79 Å². The molecule has 1 aromatic carbocycles. The van der Waals surface area contributed by atoms with Crippen LogP contribution in [0.1, 0.15) is 44.1 Å². The summed E-state index contributed by atoms with van der Waals surface area (Å²) < 4.78 is 5.25. The van der Waals surface area contributed by atoms with Crippen LogP contribution < -0.4 is 15.8 Å². The van der Waals surface area contributed by atoms with Gasteiger partial charge in [-0.2, -0.15) is 0 Å². The zero-order valence-corrected chi connectivity index (χ0v) is 13.1. The van der Waals surface area contributed by atoms with Gasteiger partial charge in [0.05, 0.1) is 12.5 Å². The molecule has 21 heavy (non-hydrogen) atoms. The fourth-order valence-corrected chi connectivity index (χ4v) is 3.15. The maximum atomic E-state index is 12.7. The van der Waals surface area contributed by atoms with Crippen molar-refractivity contribution in [2.24, 2.45) is 11.1 Å². The van der Waals surface area contributed by atoms with Crippen molar-refractivity contribution in [2.45, 2.75) is 45.4 Å². The molecule has 4 nitrogen and oxygen atoms in total. The lowest BCUT2D eigenvalue weighted by Gasteiger charge is -2.30. The van der Waals surface area contributed by atoms with Crippen molar-refractivity contribution in [2.75, 3.05) is 19.0 Å². The summed E-state index contributed by atoms with van der Waals surface area (Å²) in [6.45, 7) is 2.40. The molecule has 1 saturated carbocycles. The summed E-state index contributed by atoms with van der Waals surface area (Å²) >= 11 is 0. The van der Waals surface area contributed by atoms with Gasteiger partial charge in [0.25, 0.3) is 0 Å². The van der Waals surface area contributed by atoms with Crippen molar-refractivity contribution in [3.05, 3.63) is 23.8 Å². The zero-order chi connectivity index (χ0) is 15.3. The molecular formula is C17H26N2O2.